The second-order valence-corrected chi connectivity index (χ2v) is 7.44. The van der Waals surface area contributed by atoms with E-state index >= 15 is 0 Å². The Bertz CT molecular complexity index is 881. The minimum absolute atomic E-state index is 0.219. The fraction of sp³-hybridized carbons (Fsp3) is 0.348. The van der Waals surface area contributed by atoms with E-state index in [1.807, 2.05) is 30.3 Å². The normalized spacial score (nSPS) is 19.1. The van der Waals surface area contributed by atoms with Gasteiger partial charge in [-0.15, -0.1) is 0 Å². The minimum atomic E-state index is -0.870. The number of hydrogen-bond acceptors (Lipinski definition) is 3. The van der Waals surface area contributed by atoms with Crippen molar-refractivity contribution in [2.75, 3.05) is 11.9 Å². The lowest BCUT2D eigenvalue weighted by molar-refractivity contribution is -0.142. The fourth-order valence-corrected chi connectivity index (χ4v) is 3.78. The Balaban J connectivity index is 1.75. The van der Waals surface area contributed by atoms with Gasteiger partial charge >= 0.3 is 5.97 Å². The van der Waals surface area contributed by atoms with E-state index in [2.05, 4.69) is 5.32 Å². The zero-order valence-electron chi connectivity index (χ0n) is 16.5. The summed E-state index contributed by atoms with van der Waals surface area (Å²) < 4.78 is 0. The van der Waals surface area contributed by atoms with E-state index in [1.54, 1.807) is 31.3 Å². The van der Waals surface area contributed by atoms with Gasteiger partial charge in [0.25, 0.3) is 11.8 Å². The molecule has 6 heteroatoms. The van der Waals surface area contributed by atoms with Crippen LogP contribution in [0.3, 0.4) is 0 Å². The first kappa shape index (κ1) is 20.6. The molecule has 1 saturated carbocycles. The number of rotatable bonds is 5. The fourth-order valence-electron chi connectivity index (χ4n) is 3.78. The third-order valence-corrected chi connectivity index (χ3v) is 5.47. The third kappa shape index (κ3) is 5.02. The molecule has 1 aliphatic carbocycles. The maximum Gasteiger partial charge on any atom is 0.308 e. The van der Waals surface area contributed by atoms with Crippen LogP contribution in [0.2, 0.25) is 0 Å². The Morgan fingerprint density at radius 3 is 2.34 bits per heavy atom. The molecular formula is C23H26N2O4. The van der Waals surface area contributed by atoms with Crippen LogP contribution in [0.15, 0.2) is 54.6 Å². The molecule has 0 heterocycles. The van der Waals surface area contributed by atoms with Gasteiger partial charge in [0, 0.05) is 29.9 Å². The second-order valence-electron chi connectivity index (χ2n) is 7.44. The van der Waals surface area contributed by atoms with E-state index < -0.39 is 17.9 Å². The van der Waals surface area contributed by atoms with E-state index in [9.17, 15) is 19.5 Å². The Morgan fingerprint density at radius 2 is 1.62 bits per heavy atom. The van der Waals surface area contributed by atoms with Crippen molar-refractivity contribution < 1.29 is 19.5 Å². The zero-order chi connectivity index (χ0) is 20.8. The van der Waals surface area contributed by atoms with Crippen LogP contribution in [0.1, 0.15) is 52.8 Å². The van der Waals surface area contributed by atoms with E-state index in [0.717, 1.165) is 24.9 Å². The lowest BCUT2D eigenvalue weighted by Crippen LogP contribution is -2.42. The van der Waals surface area contributed by atoms with E-state index in [1.165, 1.54) is 4.90 Å². The number of carboxylic acids is 1. The van der Waals surface area contributed by atoms with Crippen LogP contribution in [-0.2, 0) is 4.79 Å². The topological polar surface area (TPSA) is 86.7 Å². The predicted octanol–water partition coefficient (Wildman–Crippen LogP) is 3.73. The van der Waals surface area contributed by atoms with Crippen molar-refractivity contribution in [3.05, 3.63) is 65.7 Å². The predicted molar refractivity (Wildman–Crippen MR) is 111 cm³/mol. The Kier molecular flexibility index (Phi) is 6.65. The molecule has 1 fully saturated rings. The summed E-state index contributed by atoms with van der Waals surface area (Å²) in [5.41, 5.74) is 1.51. The second kappa shape index (κ2) is 9.37. The van der Waals surface area contributed by atoms with Crippen LogP contribution in [0, 0.1) is 5.92 Å². The van der Waals surface area contributed by atoms with Crippen molar-refractivity contribution in [1.29, 1.82) is 0 Å². The van der Waals surface area contributed by atoms with Gasteiger partial charge in [0.15, 0.2) is 0 Å². The Morgan fingerprint density at radius 1 is 0.931 bits per heavy atom. The molecule has 2 atom stereocenters. The summed E-state index contributed by atoms with van der Waals surface area (Å²) >= 11 is 0. The number of carbonyl (C=O) groups is 3. The third-order valence-electron chi connectivity index (χ3n) is 5.47. The maximum atomic E-state index is 12.8. The molecule has 0 unspecified atom stereocenters. The average molecular weight is 394 g/mol. The molecule has 2 amide bonds. The first-order valence-electron chi connectivity index (χ1n) is 9.94. The first-order chi connectivity index (χ1) is 14.0. The average Bonchev–Trinajstić information content (AvgIpc) is 2.99. The van der Waals surface area contributed by atoms with Gasteiger partial charge < -0.3 is 15.3 Å². The van der Waals surface area contributed by atoms with Gasteiger partial charge in [0.1, 0.15) is 0 Å². The largest absolute Gasteiger partial charge is 0.481 e. The van der Waals surface area contributed by atoms with Gasteiger partial charge in [-0.1, -0.05) is 43.5 Å². The molecule has 0 saturated heterocycles. The highest BCUT2D eigenvalue weighted by molar-refractivity contribution is 6.07. The van der Waals surface area contributed by atoms with Crippen LogP contribution >= 0.6 is 0 Å². The summed E-state index contributed by atoms with van der Waals surface area (Å²) in [6.07, 6.45) is 3.96. The van der Waals surface area contributed by atoms with Gasteiger partial charge in [0.2, 0.25) is 0 Å². The molecule has 0 aromatic heterocycles. The number of para-hydroxylation sites is 1. The smallest absolute Gasteiger partial charge is 0.308 e. The van der Waals surface area contributed by atoms with Crippen molar-refractivity contribution in [2.45, 2.75) is 38.1 Å². The van der Waals surface area contributed by atoms with Crippen LogP contribution in [-0.4, -0.2) is 36.0 Å². The molecule has 0 bridgehead atoms. The summed E-state index contributed by atoms with van der Waals surface area (Å²) in [5, 5.41) is 12.4. The molecular weight excluding hydrogens is 368 g/mol. The zero-order valence-corrected chi connectivity index (χ0v) is 16.5. The Hall–Kier alpha value is -3.15. The van der Waals surface area contributed by atoms with Crippen LogP contribution in [0.25, 0.3) is 0 Å². The standard InChI is InChI=1S/C23H26N2O4/c1-25(18-11-4-2-5-12-18)22(27)17-10-8-9-16(15-17)21(26)24-20-14-7-3-6-13-19(20)23(28)29/h2,4-5,8-12,15,19-20H,3,6-7,13-14H2,1H3,(H,24,26)(H,28,29)/t19-,20+/m1/s1. The highest BCUT2D eigenvalue weighted by atomic mass is 16.4. The maximum absolute atomic E-state index is 12.8. The van der Waals surface area contributed by atoms with Gasteiger partial charge in [-0.2, -0.15) is 0 Å². The number of hydrogen-bond donors (Lipinski definition) is 2. The Labute approximate surface area is 170 Å². The molecule has 2 aromatic rings. The highest BCUT2D eigenvalue weighted by Gasteiger charge is 2.31. The van der Waals surface area contributed by atoms with Crippen LogP contribution in [0.5, 0.6) is 0 Å². The van der Waals surface area contributed by atoms with Gasteiger partial charge in [-0.25, -0.2) is 0 Å². The molecule has 3 rings (SSSR count). The molecule has 152 valence electrons. The van der Waals surface area contributed by atoms with Gasteiger partial charge in [-0.3, -0.25) is 14.4 Å². The van der Waals surface area contributed by atoms with Crippen molar-refractivity contribution in [2.24, 2.45) is 5.92 Å². The molecule has 6 nitrogen and oxygen atoms in total. The number of carbonyl (C=O) groups excluding carboxylic acids is 2. The molecule has 2 N–H and O–H groups in total. The monoisotopic (exact) mass is 394 g/mol. The summed E-state index contributed by atoms with van der Waals surface area (Å²) in [7, 11) is 1.69. The van der Waals surface area contributed by atoms with Crippen molar-refractivity contribution in [1.82, 2.24) is 5.32 Å². The lowest BCUT2D eigenvalue weighted by Gasteiger charge is -2.23. The molecule has 2 aromatic carbocycles. The van der Waals surface area contributed by atoms with E-state index in [4.69, 9.17) is 0 Å². The van der Waals surface area contributed by atoms with Crippen molar-refractivity contribution >= 4 is 23.5 Å². The number of aliphatic carboxylic acids is 1. The molecule has 0 spiro atoms. The van der Waals surface area contributed by atoms with Crippen LogP contribution in [0.4, 0.5) is 5.69 Å². The number of anilines is 1. The van der Waals surface area contributed by atoms with Crippen molar-refractivity contribution in [3.63, 3.8) is 0 Å². The number of carboxylic acid groups (broad SMARTS) is 1. The number of nitrogens with one attached hydrogen (secondary N) is 1. The highest BCUT2D eigenvalue weighted by Crippen LogP contribution is 2.24. The minimum Gasteiger partial charge on any atom is -0.481 e. The quantitative estimate of drug-likeness (QED) is 0.757. The summed E-state index contributed by atoms with van der Waals surface area (Å²) in [4.78, 5) is 38.7. The number of amides is 2. The summed E-state index contributed by atoms with van der Waals surface area (Å²) in [6.45, 7) is 0. The SMILES string of the molecule is CN(C(=O)c1cccc(C(=O)N[C@H]2CCCCC[C@H]2C(=O)O)c1)c1ccccc1. The molecule has 0 aliphatic heterocycles. The van der Waals surface area contributed by atoms with Crippen molar-refractivity contribution in [3.8, 4) is 0 Å². The van der Waals surface area contributed by atoms with Crippen LogP contribution < -0.4 is 10.2 Å². The first-order valence-corrected chi connectivity index (χ1v) is 9.94. The summed E-state index contributed by atoms with van der Waals surface area (Å²) in [6, 6.07) is 15.4. The van der Waals surface area contributed by atoms with E-state index in [0.29, 0.717) is 24.0 Å². The van der Waals surface area contributed by atoms with Gasteiger partial charge in [0.05, 0.1) is 5.92 Å². The lowest BCUT2D eigenvalue weighted by atomic mass is 9.94. The van der Waals surface area contributed by atoms with Gasteiger partial charge in [-0.05, 0) is 43.2 Å². The molecule has 29 heavy (non-hydrogen) atoms. The van der Waals surface area contributed by atoms with E-state index in [-0.39, 0.29) is 11.8 Å². The number of nitrogens with zero attached hydrogens (tertiary/aromatic N) is 1. The molecule has 1 aliphatic rings. The molecule has 0 radical (unpaired) electrons. The number of benzene rings is 2. The summed E-state index contributed by atoms with van der Waals surface area (Å²) in [5.74, 6) is -2.01.